The van der Waals surface area contributed by atoms with Crippen LogP contribution >= 0.6 is 0 Å². The molecule has 1 unspecified atom stereocenters. The third-order valence-electron chi connectivity index (χ3n) is 4.21. The molecule has 0 aliphatic rings. The van der Waals surface area contributed by atoms with Crippen LogP contribution < -0.4 is 10.6 Å². The van der Waals surface area contributed by atoms with Crippen LogP contribution in [-0.2, 0) is 16.1 Å². The highest BCUT2D eigenvalue weighted by Gasteiger charge is 2.19. The molecular weight excluding hydrogens is 328 g/mol. The first kappa shape index (κ1) is 17.7. The van der Waals surface area contributed by atoms with E-state index in [0.717, 1.165) is 22.3 Å². The number of hydrogen-bond acceptors (Lipinski definition) is 3. The van der Waals surface area contributed by atoms with Crippen LogP contribution in [-0.4, -0.2) is 21.4 Å². The number of benzene rings is 2. The number of amides is 2. The molecule has 1 aromatic heterocycles. The van der Waals surface area contributed by atoms with Crippen molar-refractivity contribution in [1.82, 2.24) is 14.9 Å². The van der Waals surface area contributed by atoms with Crippen molar-refractivity contribution in [2.24, 2.45) is 0 Å². The molecule has 2 amide bonds. The van der Waals surface area contributed by atoms with E-state index in [1.807, 2.05) is 66.9 Å². The summed E-state index contributed by atoms with van der Waals surface area (Å²) in [6, 6.07) is 15.0. The first-order chi connectivity index (χ1) is 12.5. The van der Waals surface area contributed by atoms with Crippen LogP contribution in [0.2, 0.25) is 0 Å². The molecule has 26 heavy (non-hydrogen) atoms. The van der Waals surface area contributed by atoms with E-state index >= 15 is 0 Å². The minimum atomic E-state index is -0.300. The minimum Gasteiger partial charge on any atom is -0.347 e. The van der Waals surface area contributed by atoms with Crippen molar-refractivity contribution in [3.8, 4) is 0 Å². The zero-order valence-electron chi connectivity index (χ0n) is 15.1. The smallest absolute Gasteiger partial charge is 0.244 e. The molecule has 2 N–H and O–H groups in total. The Morgan fingerprint density at radius 1 is 1.12 bits per heavy atom. The second kappa shape index (κ2) is 7.39. The van der Waals surface area contributed by atoms with Crippen molar-refractivity contribution >= 4 is 28.5 Å². The van der Waals surface area contributed by atoms with E-state index in [9.17, 15) is 9.59 Å². The fourth-order valence-corrected chi connectivity index (χ4v) is 3.01. The molecule has 2 aromatic carbocycles. The Morgan fingerprint density at radius 2 is 1.81 bits per heavy atom. The Morgan fingerprint density at radius 3 is 2.54 bits per heavy atom. The van der Waals surface area contributed by atoms with Crippen LogP contribution in [0.5, 0.6) is 0 Å². The van der Waals surface area contributed by atoms with Gasteiger partial charge in [-0.05, 0) is 37.6 Å². The quantitative estimate of drug-likeness (QED) is 0.742. The van der Waals surface area contributed by atoms with Gasteiger partial charge in [0.2, 0.25) is 11.8 Å². The number of rotatable bonds is 5. The molecule has 0 aliphatic heterocycles. The van der Waals surface area contributed by atoms with Crippen molar-refractivity contribution in [2.45, 2.75) is 33.4 Å². The molecular formula is C20H22N4O2. The van der Waals surface area contributed by atoms with E-state index in [1.165, 1.54) is 6.92 Å². The molecule has 0 radical (unpaired) electrons. The lowest BCUT2D eigenvalue weighted by Gasteiger charge is -2.16. The average Bonchev–Trinajstić information content (AvgIpc) is 2.95. The molecule has 0 bridgehead atoms. The molecule has 0 fully saturated rings. The summed E-state index contributed by atoms with van der Waals surface area (Å²) in [6.45, 7) is 5.40. The van der Waals surface area contributed by atoms with Crippen LogP contribution in [0.4, 0.5) is 5.69 Å². The Labute approximate surface area is 152 Å². The van der Waals surface area contributed by atoms with E-state index in [-0.39, 0.29) is 24.4 Å². The number of nitrogens with one attached hydrogen (secondary N) is 2. The standard InChI is InChI=1S/C20H22N4O2/c1-13-8-4-5-9-16(13)22-19(26)12-24-18-11-7-6-10-17(18)23-20(24)14(2)21-15(3)25/h4-11,14H,12H2,1-3H3,(H,21,25)(H,22,26). The third-order valence-corrected chi connectivity index (χ3v) is 4.21. The number of carbonyl (C=O) groups excluding carboxylic acids is 2. The van der Waals surface area contributed by atoms with Gasteiger partial charge >= 0.3 is 0 Å². The number of fused-ring (bicyclic) bond motifs is 1. The summed E-state index contributed by atoms with van der Waals surface area (Å²) in [6.07, 6.45) is 0. The molecule has 6 nitrogen and oxygen atoms in total. The minimum absolute atomic E-state index is 0.119. The largest absolute Gasteiger partial charge is 0.347 e. The van der Waals surface area contributed by atoms with Crippen LogP contribution in [0.15, 0.2) is 48.5 Å². The molecule has 0 saturated heterocycles. The molecule has 0 aliphatic carbocycles. The number of para-hydroxylation sites is 3. The molecule has 1 atom stereocenters. The maximum absolute atomic E-state index is 12.6. The van der Waals surface area contributed by atoms with Gasteiger partial charge in [-0.25, -0.2) is 4.98 Å². The fraction of sp³-hybridized carbons (Fsp3) is 0.250. The molecule has 0 spiro atoms. The number of anilines is 1. The monoisotopic (exact) mass is 350 g/mol. The zero-order valence-corrected chi connectivity index (χ0v) is 15.1. The van der Waals surface area contributed by atoms with Crippen LogP contribution in [0.3, 0.4) is 0 Å². The summed E-state index contributed by atoms with van der Waals surface area (Å²) in [5, 5.41) is 5.78. The topological polar surface area (TPSA) is 76.0 Å². The highest BCUT2D eigenvalue weighted by Crippen LogP contribution is 2.21. The Hall–Kier alpha value is -3.15. The van der Waals surface area contributed by atoms with Gasteiger partial charge in [0.1, 0.15) is 12.4 Å². The summed E-state index contributed by atoms with van der Waals surface area (Å²) in [5.41, 5.74) is 3.45. The molecule has 0 saturated carbocycles. The second-order valence-corrected chi connectivity index (χ2v) is 6.33. The SMILES string of the molecule is CC(=O)NC(C)c1nc2ccccc2n1CC(=O)Nc1ccccc1C. The van der Waals surface area contributed by atoms with Crippen molar-refractivity contribution in [3.05, 3.63) is 59.9 Å². The number of hydrogen-bond donors (Lipinski definition) is 2. The van der Waals surface area contributed by atoms with Gasteiger partial charge in [-0.15, -0.1) is 0 Å². The Kier molecular flexibility index (Phi) is 5.02. The van der Waals surface area contributed by atoms with Gasteiger partial charge in [-0.2, -0.15) is 0 Å². The number of aromatic nitrogens is 2. The maximum Gasteiger partial charge on any atom is 0.244 e. The van der Waals surface area contributed by atoms with E-state index in [0.29, 0.717) is 5.82 Å². The average molecular weight is 350 g/mol. The fourth-order valence-electron chi connectivity index (χ4n) is 3.01. The van der Waals surface area contributed by atoms with E-state index in [1.54, 1.807) is 0 Å². The number of nitrogens with zero attached hydrogens (tertiary/aromatic N) is 2. The first-order valence-electron chi connectivity index (χ1n) is 8.53. The van der Waals surface area contributed by atoms with Crippen LogP contribution in [0.25, 0.3) is 11.0 Å². The van der Waals surface area contributed by atoms with Gasteiger partial charge in [-0.3, -0.25) is 9.59 Å². The summed E-state index contributed by atoms with van der Waals surface area (Å²) in [4.78, 5) is 28.7. The number of carbonyl (C=O) groups is 2. The normalized spacial score (nSPS) is 12.0. The van der Waals surface area contributed by atoms with Crippen molar-refractivity contribution < 1.29 is 9.59 Å². The molecule has 1 heterocycles. The van der Waals surface area contributed by atoms with Gasteiger partial charge in [0.25, 0.3) is 0 Å². The van der Waals surface area contributed by atoms with E-state index in [2.05, 4.69) is 15.6 Å². The lowest BCUT2D eigenvalue weighted by Crippen LogP contribution is -2.28. The maximum atomic E-state index is 12.6. The molecule has 3 rings (SSSR count). The third kappa shape index (κ3) is 3.74. The predicted molar refractivity (Wildman–Crippen MR) is 102 cm³/mol. The highest BCUT2D eigenvalue weighted by atomic mass is 16.2. The number of imidazole rings is 1. The zero-order chi connectivity index (χ0) is 18.7. The van der Waals surface area contributed by atoms with Gasteiger partial charge in [0, 0.05) is 12.6 Å². The second-order valence-electron chi connectivity index (χ2n) is 6.33. The van der Waals surface area contributed by atoms with Gasteiger partial charge in [-0.1, -0.05) is 30.3 Å². The summed E-state index contributed by atoms with van der Waals surface area (Å²) >= 11 is 0. The van der Waals surface area contributed by atoms with E-state index < -0.39 is 0 Å². The van der Waals surface area contributed by atoms with Gasteiger partial charge in [0.15, 0.2) is 0 Å². The predicted octanol–water partition coefficient (Wildman–Crippen LogP) is 3.18. The number of aryl methyl sites for hydroxylation is 1. The molecule has 134 valence electrons. The van der Waals surface area contributed by atoms with Gasteiger partial charge in [0.05, 0.1) is 17.1 Å². The Balaban J connectivity index is 1.91. The summed E-state index contributed by atoms with van der Waals surface area (Å²) in [5.74, 6) is 0.375. The lowest BCUT2D eigenvalue weighted by atomic mass is 10.2. The van der Waals surface area contributed by atoms with Crippen LogP contribution in [0, 0.1) is 6.92 Å². The highest BCUT2D eigenvalue weighted by molar-refractivity contribution is 5.92. The molecule has 6 heteroatoms. The van der Waals surface area contributed by atoms with Crippen molar-refractivity contribution in [3.63, 3.8) is 0 Å². The summed E-state index contributed by atoms with van der Waals surface area (Å²) in [7, 11) is 0. The van der Waals surface area contributed by atoms with Crippen molar-refractivity contribution in [1.29, 1.82) is 0 Å². The van der Waals surface area contributed by atoms with Crippen LogP contribution in [0.1, 0.15) is 31.3 Å². The van der Waals surface area contributed by atoms with Gasteiger partial charge < -0.3 is 15.2 Å². The van der Waals surface area contributed by atoms with Crippen molar-refractivity contribution in [2.75, 3.05) is 5.32 Å². The summed E-state index contributed by atoms with van der Waals surface area (Å²) < 4.78 is 1.85. The first-order valence-corrected chi connectivity index (χ1v) is 8.53. The Bertz CT molecular complexity index is 961. The van der Waals surface area contributed by atoms with E-state index in [4.69, 9.17) is 0 Å². The lowest BCUT2D eigenvalue weighted by molar-refractivity contribution is -0.119. The molecule has 3 aromatic rings.